The smallest absolute Gasteiger partial charge is 0.200 e. The van der Waals surface area contributed by atoms with Crippen LogP contribution in [0.4, 0.5) is 4.39 Å². The van der Waals surface area contributed by atoms with Gasteiger partial charge < -0.3 is 5.11 Å². The third-order valence-corrected chi connectivity index (χ3v) is 1.25. The van der Waals surface area contributed by atoms with Gasteiger partial charge >= 0.3 is 0 Å². The summed E-state index contributed by atoms with van der Waals surface area (Å²) in [6.07, 6.45) is -1.65. The Bertz CT molecular complexity index is 184. The molecule has 0 fully saturated rings. The topological polar surface area (TPSA) is 20.2 Å². The van der Waals surface area contributed by atoms with Crippen molar-refractivity contribution in [2.45, 2.75) is 12.8 Å². The SMILES string of the molecule is OC(F)Cc1ccccc1. The van der Waals surface area contributed by atoms with Crippen LogP contribution in [0.15, 0.2) is 30.3 Å². The number of hydrogen-bond acceptors (Lipinski definition) is 1. The molecule has 0 aliphatic carbocycles. The highest BCUT2D eigenvalue weighted by Gasteiger charge is 1.99. The van der Waals surface area contributed by atoms with E-state index in [0.717, 1.165) is 5.56 Å². The molecule has 10 heavy (non-hydrogen) atoms. The van der Waals surface area contributed by atoms with E-state index in [1.54, 1.807) is 12.1 Å². The predicted molar refractivity (Wildman–Crippen MR) is 37.3 cm³/mol. The van der Waals surface area contributed by atoms with Gasteiger partial charge in [-0.05, 0) is 5.56 Å². The first-order chi connectivity index (χ1) is 4.79. The second-order valence-corrected chi connectivity index (χ2v) is 2.12. The molecular formula is C8H9FO. The summed E-state index contributed by atoms with van der Waals surface area (Å²) in [4.78, 5) is 0. The minimum Gasteiger partial charge on any atom is -0.364 e. The maximum atomic E-state index is 11.9. The van der Waals surface area contributed by atoms with Gasteiger partial charge in [0.1, 0.15) is 0 Å². The maximum absolute atomic E-state index is 11.9. The third kappa shape index (κ3) is 2.15. The Labute approximate surface area is 59.1 Å². The minimum absolute atomic E-state index is 0.0842. The molecule has 1 aromatic rings. The lowest BCUT2D eigenvalue weighted by Gasteiger charge is -1.98. The van der Waals surface area contributed by atoms with E-state index in [0.29, 0.717) is 0 Å². The fourth-order valence-electron chi connectivity index (χ4n) is 0.809. The molecule has 1 aromatic carbocycles. The largest absolute Gasteiger partial charge is 0.364 e. The van der Waals surface area contributed by atoms with Crippen LogP contribution in [0.25, 0.3) is 0 Å². The summed E-state index contributed by atoms with van der Waals surface area (Å²) >= 11 is 0. The lowest BCUT2D eigenvalue weighted by atomic mass is 10.2. The van der Waals surface area contributed by atoms with Gasteiger partial charge in [0.15, 0.2) is 6.36 Å². The first kappa shape index (κ1) is 7.22. The molecule has 0 amide bonds. The molecule has 2 heteroatoms. The maximum Gasteiger partial charge on any atom is 0.200 e. The quantitative estimate of drug-likeness (QED) is 0.660. The zero-order valence-corrected chi connectivity index (χ0v) is 5.50. The number of rotatable bonds is 2. The molecule has 0 radical (unpaired) electrons. The Morgan fingerprint density at radius 3 is 2.40 bits per heavy atom. The van der Waals surface area contributed by atoms with Crippen LogP contribution in [0.2, 0.25) is 0 Å². The molecule has 0 aliphatic rings. The Morgan fingerprint density at radius 2 is 1.90 bits per heavy atom. The van der Waals surface area contributed by atoms with E-state index in [9.17, 15) is 4.39 Å². The van der Waals surface area contributed by atoms with Gasteiger partial charge in [0.05, 0.1) is 0 Å². The van der Waals surface area contributed by atoms with E-state index >= 15 is 0 Å². The van der Waals surface area contributed by atoms with Crippen molar-refractivity contribution in [3.05, 3.63) is 35.9 Å². The normalized spacial score (nSPS) is 13.0. The summed E-state index contributed by atoms with van der Waals surface area (Å²) < 4.78 is 11.9. The number of aliphatic hydroxyl groups is 1. The Kier molecular flexibility index (Phi) is 2.40. The van der Waals surface area contributed by atoms with E-state index in [-0.39, 0.29) is 6.42 Å². The van der Waals surface area contributed by atoms with Gasteiger partial charge in [-0.1, -0.05) is 30.3 Å². The van der Waals surface area contributed by atoms with Crippen molar-refractivity contribution in [2.24, 2.45) is 0 Å². The average molecular weight is 140 g/mol. The Morgan fingerprint density at radius 1 is 1.30 bits per heavy atom. The molecule has 1 unspecified atom stereocenters. The second-order valence-electron chi connectivity index (χ2n) is 2.12. The van der Waals surface area contributed by atoms with Crippen molar-refractivity contribution in [3.8, 4) is 0 Å². The zero-order valence-electron chi connectivity index (χ0n) is 5.50. The lowest BCUT2D eigenvalue weighted by molar-refractivity contribution is 0.0430. The number of benzene rings is 1. The second kappa shape index (κ2) is 3.32. The monoisotopic (exact) mass is 140 g/mol. The molecule has 0 spiro atoms. The Hall–Kier alpha value is -0.890. The summed E-state index contributed by atoms with van der Waals surface area (Å²) in [5.41, 5.74) is 0.817. The van der Waals surface area contributed by atoms with Gasteiger partial charge in [0.2, 0.25) is 0 Å². The summed E-state index contributed by atoms with van der Waals surface area (Å²) in [6, 6.07) is 9.05. The summed E-state index contributed by atoms with van der Waals surface area (Å²) in [7, 11) is 0. The molecule has 1 rings (SSSR count). The standard InChI is InChI=1S/C8H9FO/c9-8(10)6-7-4-2-1-3-5-7/h1-5,8,10H,6H2. The molecule has 54 valence electrons. The van der Waals surface area contributed by atoms with Crippen molar-refractivity contribution in [1.82, 2.24) is 0 Å². The molecule has 0 bridgehead atoms. The Balaban J connectivity index is 2.59. The summed E-state index contributed by atoms with van der Waals surface area (Å²) in [5.74, 6) is 0. The van der Waals surface area contributed by atoms with Crippen LogP contribution in [0.1, 0.15) is 5.56 Å². The molecule has 0 saturated heterocycles. The van der Waals surface area contributed by atoms with Gasteiger partial charge in [-0.3, -0.25) is 0 Å². The van der Waals surface area contributed by atoms with Gasteiger partial charge in [0, 0.05) is 6.42 Å². The molecule has 1 nitrogen and oxygen atoms in total. The van der Waals surface area contributed by atoms with Crippen LogP contribution >= 0.6 is 0 Å². The van der Waals surface area contributed by atoms with Crippen LogP contribution in [0, 0.1) is 0 Å². The van der Waals surface area contributed by atoms with E-state index in [2.05, 4.69) is 0 Å². The van der Waals surface area contributed by atoms with Crippen LogP contribution in [-0.4, -0.2) is 11.5 Å². The number of hydrogen-bond donors (Lipinski definition) is 1. The van der Waals surface area contributed by atoms with E-state index in [4.69, 9.17) is 5.11 Å². The van der Waals surface area contributed by atoms with Crippen LogP contribution in [-0.2, 0) is 6.42 Å². The van der Waals surface area contributed by atoms with Crippen molar-refractivity contribution >= 4 is 0 Å². The number of alkyl halides is 1. The fraction of sp³-hybridized carbons (Fsp3) is 0.250. The van der Waals surface area contributed by atoms with Gasteiger partial charge in [-0.15, -0.1) is 0 Å². The zero-order chi connectivity index (χ0) is 7.40. The highest BCUT2D eigenvalue weighted by molar-refractivity contribution is 5.14. The molecule has 0 aromatic heterocycles. The van der Waals surface area contributed by atoms with Crippen molar-refractivity contribution in [3.63, 3.8) is 0 Å². The van der Waals surface area contributed by atoms with E-state index < -0.39 is 6.36 Å². The van der Waals surface area contributed by atoms with Crippen LogP contribution < -0.4 is 0 Å². The summed E-state index contributed by atoms with van der Waals surface area (Å²) in [5, 5.41) is 8.34. The number of aliphatic hydroxyl groups excluding tert-OH is 1. The first-order valence-electron chi connectivity index (χ1n) is 3.15. The average Bonchev–Trinajstić information content (AvgIpc) is 1.88. The van der Waals surface area contributed by atoms with E-state index in [1.807, 2.05) is 18.2 Å². The van der Waals surface area contributed by atoms with Gasteiger partial charge in [-0.25, -0.2) is 4.39 Å². The molecular weight excluding hydrogens is 131 g/mol. The van der Waals surface area contributed by atoms with Crippen molar-refractivity contribution in [2.75, 3.05) is 0 Å². The third-order valence-electron chi connectivity index (χ3n) is 1.25. The molecule has 0 saturated carbocycles. The van der Waals surface area contributed by atoms with Gasteiger partial charge in [0.25, 0.3) is 0 Å². The molecule has 0 heterocycles. The van der Waals surface area contributed by atoms with Crippen molar-refractivity contribution < 1.29 is 9.50 Å². The first-order valence-corrected chi connectivity index (χ1v) is 3.15. The van der Waals surface area contributed by atoms with Crippen LogP contribution in [0.5, 0.6) is 0 Å². The molecule has 1 N–H and O–H groups in total. The lowest BCUT2D eigenvalue weighted by Crippen LogP contribution is -2.01. The fourth-order valence-corrected chi connectivity index (χ4v) is 0.809. The molecule has 0 aliphatic heterocycles. The highest BCUT2D eigenvalue weighted by Crippen LogP contribution is 2.02. The van der Waals surface area contributed by atoms with E-state index in [1.165, 1.54) is 0 Å². The summed E-state index contributed by atoms with van der Waals surface area (Å²) in [6.45, 7) is 0. The highest BCUT2D eigenvalue weighted by atomic mass is 19.1. The van der Waals surface area contributed by atoms with Crippen molar-refractivity contribution in [1.29, 1.82) is 0 Å². The predicted octanol–water partition coefficient (Wildman–Crippen LogP) is 1.52. The van der Waals surface area contributed by atoms with Gasteiger partial charge in [-0.2, -0.15) is 0 Å². The minimum atomic E-state index is -1.73. The van der Waals surface area contributed by atoms with Crippen LogP contribution in [0.3, 0.4) is 0 Å². The molecule has 1 atom stereocenters. The number of halogens is 1.